The van der Waals surface area contributed by atoms with Gasteiger partial charge in [-0.1, -0.05) is 38.2 Å². The van der Waals surface area contributed by atoms with Crippen LogP contribution in [0.4, 0.5) is 5.95 Å². The molecule has 1 N–H and O–H groups in total. The third-order valence-corrected chi connectivity index (χ3v) is 4.22. The number of nitrogens with one attached hydrogen (secondary N) is 1. The summed E-state index contributed by atoms with van der Waals surface area (Å²) in [6.07, 6.45) is 11.9. The number of hydrogen-bond donors (Lipinski definition) is 1. The van der Waals surface area contributed by atoms with Gasteiger partial charge in [0.2, 0.25) is 5.95 Å². The van der Waals surface area contributed by atoms with Crippen molar-refractivity contribution in [1.29, 1.82) is 0 Å². The lowest BCUT2D eigenvalue weighted by molar-refractivity contribution is 0.826. The molecule has 26 heavy (non-hydrogen) atoms. The number of pyridine rings is 1. The normalized spacial score (nSPS) is 12.2. The van der Waals surface area contributed by atoms with Gasteiger partial charge >= 0.3 is 0 Å². The molecule has 0 fully saturated rings. The Labute approximate surface area is 156 Å². The highest BCUT2D eigenvalue weighted by molar-refractivity contribution is 5.86. The summed E-state index contributed by atoms with van der Waals surface area (Å²) in [5.74, 6) is 0.650. The highest BCUT2D eigenvalue weighted by atomic mass is 15.1. The van der Waals surface area contributed by atoms with E-state index in [-0.39, 0.29) is 0 Å². The Bertz CT molecular complexity index is 819. The number of allylic oxidation sites excluding steroid dienone is 5. The minimum Gasteiger partial charge on any atom is -0.354 e. The third-order valence-electron chi connectivity index (χ3n) is 4.22. The van der Waals surface area contributed by atoms with Crippen LogP contribution < -0.4 is 5.32 Å². The molecule has 4 nitrogen and oxygen atoms in total. The predicted octanol–water partition coefficient (Wildman–Crippen LogP) is 5.59. The molecule has 4 heteroatoms. The Morgan fingerprint density at radius 2 is 2.12 bits per heavy atom. The van der Waals surface area contributed by atoms with Crippen LogP contribution in [0, 0.1) is 6.92 Å². The largest absolute Gasteiger partial charge is 0.354 e. The van der Waals surface area contributed by atoms with Crippen LogP contribution in [0.3, 0.4) is 0 Å². The maximum absolute atomic E-state index is 4.83. The molecule has 2 rings (SSSR count). The van der Waals surface area contributed by atoms with Gasteiger partial charge in [-0.25, -0.2) is 9.97 Å². The van der Waals surface area contributed by atoms with Crippen molar-refractivity contribution in [1.82, 2.24) is 15.0 Å². The average Bonchev–Trinajstić information content (AvgIpc) is 2.66. The molecule has 0 aliphatic rings. The molecule has 0 atom stereocenters. The standard InChI is InChI=1S/C22H28N4/c1-6-9-13-24-22-25-15-20(18(11-7-2)16(4)8-3)21(26-22)19-12-10-14-23-17(19)5/h7-8,10-12,14-15H,3,6,9,13H2,1-2,4-5H3,(H,24,25,26). The molecule has 0 aliphatic heterocycles. The molecule has 0 radical (unpaired) electrons. The van der Waals surface area contributed by atoms with Crippen molar-refractivity contribution in [3.63, 3.8) is 0 Å². The smallest absolute Gasteiger partial charge is 0.223 e. The quantitative estimate of drug-likeness (QED) is 0.499. The van der Waals surface area contributed by atoms with E-state index in [9.17, 15) is 0 Å². The van der Waals surface area contributed by atoms with Crippen molar-refractivity contribution in [2.24, 2.45) is 0 Å². The van der Waals surface area contributed by atoms with Crippen LogP contribution in [0.15, 0.2) is 54.9 Å². The molecule has 2 aromatic heterocycles. The Kier molecular flexibility index (Phi) is 7.27. The fourth-order valence-corrected chi connectivity index (χ4v) is 2.69. The van der Waals surface area contributed by atoms with Gasteiger partial charge < -0.3 is 5.32 Å². The monoisotopic (exact) mass is 348 g/mol. The third kappa shape index (κ3) is 4.66. The highest BCUT2D eigenvalue weighted by Gasteiger charge is 2.15. The number of unbranched alkanes of at least 4 members (excludes halogenated alkanes) is 1. The lowest BCUT2D eigenvalue weighted by atomic mass is 9.96. The van der Waals surface area contributed by atoms with E-state index >= 15 is 0 Å². The summed E-state index contributed by atoms with van der Waals surface area (Å²) >= 11 is 0. The van der Waals surface area contributed by atoms with Gasteiger partial charge in [0.05, 0.1) is 5.69 Å². The fraction of sp³-hybridized carbons (Fsp3) is 0.318. The van der Waals surface area contributed by atoms with Crippen LogP contribution in [0.25, 0.3) is 16.8 Å². The van der Waals surface area contributed by atoms with Crippen LogP contribution in [0.2, 0.25) is 0 Å². The first-order chi connectivity index (χ1) is 12.6. The van der Waals surface area contributed by atoms with Crippen LogP contribution >= 0.6 is 0 Å². The lowest BCUT2D eigenvalue weighted by Crippen LogP contribution is -2.07. The van der Waals surface area contributed by atoms with E-state index < -0.39 is 0 Å². The highest BCUT2D eigenvalue weighted by Crippen LogP contribution is 2.31. The maximum Gasteiger partial charge on any atom is 0.223 e. The van der Waals surface area contributed by atoms with Gasteiger partial charge in [-0.05, 0) is 50.5 Å². The summed E-state index contributed by atoms with van der Waals surface area (Å²) in [7, 11) is 0. The van der Waals surface area contributed by atoms with E-state index in [4.69, 9.17) is 4.98 Å². The molecule has 0 aromatic carbocycles. The van der Waals surface area contributed by atoms with Gasteiger partial charge in [0.15, 0.2) is 0 Å². The first-order valence-corrected chi connectivity index (χ1v) is 9.11. The first kappa shape index (κ1) is 19.6. The van der Waals surface area contributed by atoms with Crippen LogP contribution in [0.1, 0.15) is 44.9 Å². The molecule has 0 aliphatic carbocycles. The number of hydrogen-bond acceptors (Lipinski definition) is 4. The molecule has 0 amide bonds. The van der Waals surface area contributed by atoms with Crippen molar-refractivity contribution in [3.05, 3.63) is 66.2 Å². The van der Waals surface area contributed by atoms with Gasteiger partial charge in [-0.15, -0.1) is 0 Å². The van der Waals surface area contributed by atoms with Crippen molar-refractivity contribution in [2.75, 3.05) is 11.9 Å². The second-order valence-corrected chi connectivity index (χ2v) is 6.17. The first-order valence-electron chi connectivity index (χ1n) is 9.11. The molecule has 0 saturated carbocycles. The number of anilines is 1. The topological polar surface area (TPSA) is 50.7 Å². The van der Waals surface area contributed by atoms with Crippen molar-refractivity contribution in [3.8, 4) is 11.3 Å². The summed E-state index contributed by atoms with van der Waals surface area (Å²) in [4.78, 5) is 13.8. The molecule has 0 unspecified atom stereocenters. The number of aromatic nitrogens is 3. The summed E-state index contributed by atoms with van der Waals surface area (Å²) in [6, 6.07) is 4.00. The van der Waals surface area contributed by atoms with E-state index in [0.717, 1.165) is 53.0 Å². The Hall–Kier alpha value is -2.75. The second kappa shape index (κ2) is 9.66. The van der Waals surface area contributed by atoms with Crippen molar-refractivity contribution < 1.29 is 0 Å². The zero-order valence-corrected chi connectivity index (χ0v) is 16.2. The Morgan fingerprint density at radius 3 is 2.77 bits per heavy atom. The SMILES string of the molecule is C=CC(C)=C(C=CC)c1cnc(NCCCC)nc1-c1cccnc1C. The Balaban J connectivity index is 2.64. The minimum atomic E-state index is 0.650. The summed E-state index contributed by atoms with van der Waals surface area (Å²) in [5, 5.41) is 3.32. The van der Waals surface area contributed by atoms with E-state index in [1.807, 2.05) is 38.3 Å². The van der Waals surface area contributed by atoms with Crippen molar-refractivity contribution in [2.45, 2.75) is 40.5 Å². The number of aryl methyl sites for hydroxylation is 1. The zero-order chi connectivity index (χ0) is 18.9. The number of rotatable bonds is 8. The summed E-state index contributed by atoms with van der Waals surface area (Å²) < 4.78 is 0. The Morgan fingerprint density at radius 1 is 1.31 bits per heavy atom. The van der Waals surface area contributed by atoms with Crippen LogP contribution in [-0.4, -0.2) is 21.5 Å². The average molecular weight is 348 g/mol. The van der Waals surface area contributed by atoms with Crippen LogP contribution in [-0.2, 0) is 0 Å². The van der Waals surface area contributed by atoms with E-state index in [1.54, 1.807) is 6.20 Å². The molecule has 2 aromatic rings. The van der Waals surface area contributed by atoms with Gasteiger partial charge in [0.1, 0.15) is 0 Å². The summed E-state index contributed by atoms with van der Waals surface area (Å²) in [5.41, 5.74) is 5.99. The lowest BCUT2D eigenvalue weighted by Gasteiger charge is -2.15. The van der Waals surface area contributed by atoms with E-state index in [2.05, 4.69) is 47.9 Å². The minimum absolute atomic E-state index is 0.650. The second-order valence-electron chi connectivity index (χ2n) is 6.17. The van der Waals surface area contributed by atoms with Gasteiger partial charge in [0, 0.05) is 35.8 Å². The maximum atomic E-state index is 4.83. The zero-order valence-electron chi connectivity index (χ0n) is 16.2. The van der Waals surface area contributed by atoms with E-state index in [0.29, 0.717) is 5.95 Å². The molecule has 136 valence electrons. The van der Waals surface area contributed by atoms with Crippen LogP contribution in [0.5, 0.6) is 0 Å². The summed E-state index contributed by atoms with van der Waals surface area (Å²) in [6.45, 7) is 13.0. The molecular formula is C22H28N4. The van der Waals surface area contributed by atoms with Gasteiger partial charge in [0.25, 0.3) is 0 Å². The number of nitrogens with zero attached hydrogens (tertiary/aromatic N) is 3. The van der Waals surface area contributed by atoms with E-state index in [1.165, 1.54) is 0 Å². The van der Waals surface area contributed by atoms with Crippen molar-refractivity contribution >= 4 is 11.5 Å². The van der Waals surface area contributed by atoms with Gasteiger partial charge in [-0.3, -0.25) is 4.98 Å². The molecule has 0 saturated heterocycles. The molecule has 2 heterocycles. The predicted molar refractivity (Wildman–Crippen MR) is 111 cm³/mol. The van der Waals surface area contributed by atoms with Gasteiger partial charge in [-0.2, -0.15) is 0 Å². The molecular weight excluding hydrogens is 320 g/mol. The molecule has 0 bridgehead atoms. The molecule has 0 spiro atoms. The fourth-order valence-electron chi connectivity index (χ4n) is 2.69.